The van der Waals surface area contributed by atoms with Crippen molar-refractivity contribution in [1.29, 1.82) is 0 Å². The van der Waals surface area contributed by atoms with Crippen LogP contribution in [-0.2, 0) is 14.3 Å². The first kappa shape index (κ1) is 22.0. The van der Waals surface area contributed by atoms with Gasteiger partial charge in [-0.15, -0.1) is 0 Å². The first-order valence-electron chi connectivity index (χ1n) is 8.75. The van der Waals surface area contributed by atoms with Gasteiger partial charge in [-0.3, -0.25) is 9.59 Å². The van der Waals surface area contributed by atoms with E-state index in [1.54, 1.807) is 48.5 Å². The Hall–Kier alpha value is -3.26. The third-order valence-corrected chi connectivity index (χ3v) is 4.35. The summed E-state index contributed by atoms with van der Waals surface area (Å²) in [5.74, 6) is -0.754. The third kappa shape index (κ3) is 6.39. The van der Waals surface area contributed by atoms with E-state index in [0.717, 1.165) is 0 Å². The summed E-state index contributed by atoms with van der Waals surface area (Å²) in [5, 5.41) is 5.46. The van der Waals surface area contributed by atoms with Crippen molar-refractivity contribution in [1.82, 2.24) is 5.32 Å². The van der Waals surface area contributed by atoms with Gasteiger partial charge in [0.05, 0.1) is 25.3 Å². The monoisotopic (exact) mass is 419 g/mol. The molecule has 0 aliphatic carbocycles. The molecule has 0 radical (unpaired) electrons. The summed E-state index contributed by atoms with van der Waals surface area (Å²) in [6.07, 6.45) is -1.33. The average Bonchev–Trinajstić information content (AvgIpc) is 2.67. The number of hydrogen-bond donors (Lipinski definition) is 3. The lowest BCUT2D eigenvalue weighted by Gasteiger charge is -2.20. The molecule has 2 rings (SSSR count). The number of halogens is 1. The first-order valence-corrected chi connectivity index (χ1v) is 9.13. The van der Waals surface area contributed by atoms with Gasteiger partial charge in [0.1, 0.15) is 5.75 Å². The molecule has 0 bridgehead atoms. The number of hydrogen-bond acceptors (Lipinski definition) is 5. The Kier molecular flexibility index (Phi) is 7.85. The smallest absolute Gasteiger partial charge is 0.312 e. The van der Waals surface area contributed by atoms with E-state index in [0.29, 0.717) is 22.0 Å². The van der Waals surface area contributed by atoms with Crippen LogP contribution in [0.1, 0.15) is 24.9 Å². The number of para-hydroxylation sites is 2. The van der Waals surface area contributed by atoms with Crippen molar-refractivity contribution < 1.29 is 23.9 Å². The molecule has 0 aliphatic heterocycles. The van der Waals surface area contributed by atoms with Crippen molar-refractivity contribution >= 4 is 35.2 Å². The van der Waals surface area contributed by atoms with Crippen LogP contribution < -0.4 is 21.1 Å². The Morgan fingerprint density at radius 3 is 2.41 bits per heavy atom. The summed E-state index contributed by atoms with van der Waals surface area (Å²) in [4.78, 5) is 36.0. The quantitative estimate of drug-likeness (QED) is 0.568. The number of benzene rings is 2. The van der Waals surface area contributed by atoms with E-state index in [1.807, 2.05) is 0 Å². The number of carbonyl (C=O) groups excluding carboxylic acids is 3. The number of urea groups is 1. The average molecular weight is 420 g/mol. The van der Waals surface area contributed by atoms with Crippen LogP contribution in [0, 0.1) is 0 Å². The Balaban J connectivity index is 2.02. The van der Waals surface area contributed by atoms with E-state index in [1.165, 1.54) is 14.0 Å². The zero-order valence-electron chi connectivity index (χ0n) is 16.0. The molecule has 0 spiro atoms. The molecule has 154 valence electrons. The van der Waals surface area contributed by atoms with Gasteiger partial charge in [0, 0.05) is 5.02 Å². The van der Waals surface area contributed by atoms with Crippen molar-refractivity contribution in [3.05, 3.63) is 59.1 Å². The second-order valence-corrected chi connectivity index (χ2v) is 6.52. The fourth-order valence-corrected chi connectivity index (χ4v) is 2.88. The van der Waals surface area contributed by atoms with Gasteiger partial charge in [0.25, 0.3) is 5.91 Å². The summed E-state index contributed by atoms with van der Waals surface area (Å²) in [5.41, 5.74) is 6.16. The fraction of sp³-hybridized carbons (Fsp3) is 0.250. The lowest BCUT2D eigenvalue weighted by atomic mass is 10.0. The summed E-state index contributed by atoms with van der Waals surface area (Å²) in [6.45, 7) is 1.44. The minimum absolute atomic E-state index is 0.251. The molecule has 0 aliphatic rings. The molecule has 0 saturated carbocycles. The van der Waals surface area contributed by atoms with Crippen LogP contribution in [0.2, 0.25) is 5.02 Å². The minimum Gasteiger partial charge on any atom is -0.495 e. The molecule has 2 aromatic carbocycles. The Labute approximate surface area is 173 Å². The number of nitrogens with two attached hydrogens (primary N) is 1. The maximum atomic E-state index is 12.3. The molecule has 3 amide bonds. The highest BCUT2D eigenvalue weighted by Gasteiger charge is 2.24. The van der Waals surface area contributed by atoms with Crippen LogP contribution in [0.5, 0.6) is 5.75 Å². The second-order valence-electron chi connectivity index (χ2n) is 6.11. The third-order valence-electron chi connectivity index (χ3n) is 4.01. The van der Waals surface area contributed by atoms with Crippen molar-refractivity contribution in [3.8, 4) is 5.75 Å². The van der Waals surface area contributed by atoms with Gasteiger partial charge < -0.3 is 25.8 Å². The second kappa shape index (κ2) is 10.3. The number of ether oxygens (including phenoxy) is 2. The fourth-order valence-electron chi connectivity index (χ4n) is 2.62. The molecule has 9 heteroatoms. The highest BCUT2D eigenvalue weighted by atomic mass is 35.5. The van der Waals surface area contributed by atoms with Gasteiger partial charge in [0.2, 0.25) is 0 Å². The van der Waals surface area contributed by atoms with Crippen LogP contribution in [0.3, 0.4) is 0 Å². The number of esters is 1. The summed E-state index contributed by atoms with van der Waals surface area (Å²) in [7, 11) is 1.48. The van der Waals surface area contributed by atoms with E-state index in [2.05, 4.69) is 10.6 Å². The summed E-state index contributed by atoms with van der Waals surface area (Å²) >= 11 is 6.14. The molecule has 0 unspecified atom stereocenters. The predicted molar refractivity (Wildman–Crippen MR) is 109 cm³/mol. The minimum atomic E-state index is -1.08. The van der Waals surface area contributed by atoms with Gasteiger partial charge in [-0.1, -0.05) is 41.9 Å². The zero-order chi connectivity index (χ0) is 21.4. The molecule has 0 saturated heterocycles. The largest absolute Gasteiger partial charge is 0.495 e. The summed E-state index contributed by atoms with van der Waals surface area (Å²) in [6, 6.07) is 12.0. The maximum absolute atomic E-state index is 12.3. The highest BCUT2D eigenvalue weighted by molar-refractivity contribution is 6.31. The van der Waals surface area contributed by atoms with E-state index in [-0.39, 0.29) is 6.42 Å². The van der Waals surface area contributed by atoms with Gasteiger partial charge >= 0.3 is 12.0 Å². The highest BCUT2D eigenvalue weighted by Crippen LogP contribution is 2.26. The Morgan fingerprint density at radius 1 is 1.10 bits per heavy atom. The molecular weight excluding hydrogens is 398 g/mol. The van der Waals surface area contributed by atoms with Crippen LogP contribution in [0.4, 0.5) is 10.5 Å². The topological polar surface area (TPSA) is 120 Å². The molecule has 0 fully saturated rings. The lowest BCUT2D eigenvalue weighted by molar-refractivity contribution is -0.153. The molecule has 0 heterocycles. The van der Waals surface area contributed by atoms with Crippen molar-refractivity contribution in [3.63, 3.8) is 0 Å². The van der Waals surface area contributed by atoms with E-state index >= 15 is 0 Å². The zero-order valence-corrected chi connectivity index (χ0v) is 16.7. The number of primary amides is 1. The number of carbonyl (C=O) groups is 3. The van der Waals surface area contributed by atoms with E-state index in [9.17, 15) is 14.4 Å². The van der Waals surface area contributed by atoms with Gasteiger partial charge in [-0.05, 0) is 30.7 Å². The molecule has 0 aromatic heterocycles. The molecular formula is C20H22ClN3O5. The standard InChI is InChI=1S/C20H22ClN3O5/c1-12(19(26)23-15-9-5-6-10-17(15)28-2)29-18(25)11-16(24-20(22)27)13-7-3-4-8-14(13)21/h3-10,12,16H,11H2,1-2H3,(H,23,26)(H3,22,24,27)/t12-,16+/m0/s1. The van der Waals surface area contributed by atoms with Crippen molar-refractivity contribution in [2.24, 2.45) is 5.73 Å². The van der Waals surface area contributed by atoms with Gasteiger partial charge in [-0.2, -0.15) is 0 Å². The number of amides is 3. The van der Waals surface area contributed by atoms with Crippen molar-refractivity contribution in [2.75, 3.05) is 12.4 Å². The summed E-state index contributed by atoms with van der Waals surface area (Å²) < 4.78 is 10.4. The van der Waals surface area contributed by atoms with Crippen LogP contribution in [0.15, 0.2) is 48.5 Å². The molecule has 8 nitrogen and oxygen atoms in total. The number of methoxy groups -OCH3 is 1. The van der Waals surface area contributed by atoms with Gasteiger partial charge in [0.15, 0.2) is 6.10 Å². The molecule has 4 N–H and O–H groups in total. The SMILES string of the molecule is COc1ccccc1NC(=O)[C@H](C)OC(=O)C[C@@H](NC(N)=O)c1ccccc1Cl. The normalized spacial score (nSPS) is 12.4. The number of rotatable bonds is 8. The van der Waals surface area contributed by atoms with Crippen LogP contribution in [-0.4, -0.2) is 31.1 Å². The maximum Gasteiger partial charge on any atom is 0.312 e. The molecule has 2 atom stereocenters. The van der Waals surface area contributed by atoms with Crippen LogP contribution >= 0.6 is 11.6 Å². The molecule has 2 aromatic rings. The lowest BCUT2D eigenvalue weighted by Crippen LogP contribution is -2.36. The van der Waals surface area contributed by atoms with Gasteiger partial charge in [-0.25, -0.2) is 4.79 Å². The van der Waals surface area contributed by atoms with Crippen LogP contribution in [0.25, 0.3) is 0 Å². The Morgan fingerprint density at radius 2 is 1.76 bits per heavy atom. The first-order chi connectivity index (χ1) is 13.8. The molecule has 29 heavy (non-hydrogen) atoms. The predicted octanol–water partition coefficient (Wildman–Crippen LogP) is 3.02. The Bertz CT molecular complexity index is 890. The van der Waals surface area contributed by atoms with E-state index < -0.39 is 30.1 Å². The van der Waals surface area contributed by atoms with Crippen molar-refractivity contribution in [2.45, 2.75) is 25.5 Å². The number of anilines is 1. The van der Waals surface area contributed by atoms with E-state index in [4.69, 9.17) is 26.8 Å². The number of nitrogens with one attached hydrogen (secondary N) is 2.